The summed E-state index contributed by atoms with van der Waals surface area (Å²) in [7, 11) is 1.55. The van der Waals surface area contributed by atoms with Crippen LogP contribution in [-0.2, 0) is 16.8 Å². The fourth-order valence-corrected chi connectivity index (χ4v) is 4.11. The number of hydrogen-bond acceptors (Lipinski definition) is 2. The zero-order valence-corrected chi connectivity index (χ0v) is 17.0. The molecule has 0 radical (unpaired) electrons. The third-order valence-electron chi connectivity index (χ3n) is 5.60. The Morgan fingerprint density at radius 1 is 1.07 bits per heavy atom. The summed E-state index contributed by atoms with van der Waals surface area (Å²) in [5.41, 5.74) is 2.21. The average molecular weight is 386 g/mol. The molecule has 2 aromatic carbocycles. The van der Waals surface area contributed by atoms with Crippen molar-refractivity contribution in [3.05, 3.63) is 71.9 Å². The number of hydroxylamine groups is 2. The Morgan fingerprint density at radius 3 is 2.59 bits per heavy atom. The number of benzene rings is 2. The van der Waals surface area contributed by atoms with Crippen molar-refractivity contribution < 1.29 is 9.63 Å². The molecule has 2 heterocycles. The molecule has 1 aliphatic rings. The number of amides is 1. The molecular weight excluding hydrogens is 360 g/mol. The SMILES string of the molecule is CCCCC#CC1(CCc2ccccc2)c2cc3ccccc3n2C(=O)N1OC. The Morgan fingerprint density at radius 2 is 1.83 bits per heavy atom. The predicted octanol–water partition coefficient (Wildman–Crippen LogP) is 5.51. The van der Waals surface area contributed by atoms with E-state index in [0.717, 1.165) is 42.3 Å². The van der Waals surface area contributed by atoms with Gasteiger partial charge in [-0.3, -0.25) is 9.40 Å². The summed E-state index contributed by atoms with van der Waals surface area (Å²) in [5, 5.41) is 2.52. The molecule has 0 bridgehead atoms. The fourth-order valence-electron chi connectivity index (χ4n) is 4.11. The molecular formula is C25H26N2O2. The van der Waals surface area contributed by atoms with Crippen molar-refractivity contribution in [3.8, 4) is 11.8 Å². The third-order valence-corrected chi connectivity index (χ3v) is 5.60. The Hall–Kier alpha value is -3.03. The minimum Gasteiger partial charge on any atom is -0.271 e. The summed E-state index contributed by atoms with van der Waals surface area (Å²) < 4.78 is 1.76. The second-order valence-electron chi connectivity index (χ2n) is 7.43. The molecule has 0 spiro atoms. The topological polar surface area (TPSA) is 34.5 Å². The monoisotopic (exact) mass is 386 g/mol. The van der Waals surface area contributed by atoms with Gasteiger partial charge in [-0.1, -0.05) is 67.8 Å². The molecule has 4 nitrogen and oxygen atoms in total. The van der Waals surface area contributed by atoms with Crippen molar-refractivity contribution in [1.29, 1.82) is 0 Å². The van der Waals surface area contributed by atoms with Gasteiger partial charge >= 0.3 is 6.03 Å². The summed E-state index contributed by atoms with van der Waals surface area (Å²) in [6, 6.07) is 20.2. The van der Waals surface area contributed by atoms with Crippen LogP contribution >= 0.6 is 0 Å². The van der Waals surface area contributed by atoms with Gasteiger partial charge < -0.3 is 0 Å². The highest BCUT2D eigenvalue weighted by atomic mass is 16.7. The van der Waals surface area contributed by atoms with Gasteiger partial charge in [0.2, 0.25) is 0 Å². The lowest BCUT2D eigenvalue weighted by molar-refractivity contribution is -0.134. The molecule has 4 rings (SSSR count). The van der Waals surface area contributed by atoms with E-state index in [4.69, 9.17) is 4.84 Å². The van der Waals surface area contributed by atoms with Crippen LogP contribution in [0.1, 0.15) is 43.9 Å². The predicted molar refractivity (Wildman–Crippen MR) is 115 cm³/mol. The van der Waals surface area contributed by atoms with Crippen LogP contribution in [0.15, 0.2) is 60.7 Å². The molecule has 0 N–H and O–H groups in total. The van der Waals surface area contributed by atoms with E-state index in [9.17, 15) is 4.79 Å². The molecule has 3 aromatic rings. The molecule has 1 unspecified atom stereocenters. The zero-order chi connectivity index (χ0) is 20.3. The van der Waals surface area contributed by atoms with Crippen molar-refractivity contribution in [1.82, 2.24) is 9.63 Å². The first kappa shape index (κ1) is 19.3. The Kier molecular flexibility index (Phi) is 5.42. The first-order chi connectivity index (χ1) is 14.2. The van der Waals surface area contributed by atoms with Crippen LogP contribution in [0.5, 0.6) is 0 Å². The summed E-state index contributed by atoms with van der Waals surface area (Å²) in [5.74, 6) is 6.80. The normalized spacial score (nSPS) is 18.0. The molecule has 1 aromatic heterocycles. The first-order valence-corrected chi connectivity index (χ1v) is 10.2. The van der Waals surface area contributed by atoms with E-state index in [1.54, 1.807) is 11.7 Å². The maximum atomic E-state index is 13.3. The van der Waals surface area contributed by atoms with E-state index < -0.39 is 5.54 Å². The fraction of sp³-hybridized carbons (Fsp3) is 0.320. The van der Waals surface area contributed by atoms with Crippen LogP contribution in [0, 0.1) is 11.8 Å². The Balaban J connectivity index is 1.83. The van der Waals surface area contributed by atoms with E-state index >= 15 is 0 Å². The molecule has 0 aliphatic carbocycles. The van der Waals surface area contributed by atoms with Crippen LogP contribution in [0.4, 0.5) is 4.79 Å². The molecule has 1 aliphatic heterocycles. The van der Waals surface area contributed by atoms with Gasteiger partial charge in [0.1, 0.15) is 0 Å². The maximum Gasteiger partial charge on any atom is 0.354 e. The van der Waals surface area contributed by atoms with E-state index in [1.165, 1.54) is 10.6 Å². The number of carbonyl (C=O) groups excluding carboxylic acids is 1. The van der Waals surface area contributed by atoms with Gasteiger partial charge in [0.25, 0.3) is 0 Å². The summed E-state index contributed by atoms with van der Waals surface area (Å²) in [4.78, 5) is 18.9. The molecule has 0 saturated carbocycles. The largest absolute Gasteiger partial charge is 0.354 e. The highest BCUT2D eigenvalue weighted by Gasteiger charge is 2.51. The van der Waals surface area contributed by atoms with Gasteiger partial charge in [-0.2, -0.15) is 5.06 Å². The van der Waals surface area contributed by atoms with Crippen molar-refractivity contribution >= 4 is 16.9 Å². The van der Waals surface area contributed by atoms with E-state index in [0.29, 0.717) is 6.42 Å². The number of fused-ring (bicyclic) bond motifs is 3. The number of aromatic nitrogens is 1. The number of unbranched alkanes of at least 4 members (excludes halogenated alkanes) is 2. The molecule has 0 fully saturated rings. The number of nitrogens with zero attached hydrogens (tertiary/aromatic N) is 2. The maximum absolute atomic E-state index is 13.3. The Labute approximate surface area is 172 Å². The van der Waals surface area contributed by atoms with Crippen molar-refractivity contribution in [2.75, 3.05) is 7.11 Å². The molecule has 29 heavy (non-hydrogen) atoms. The van der Waals surface area contributed by atoms with Gasteiger partial charge in [0, 0.05) is 11.8 Å². The van der Waals surface area contributed by atoms with Gasteiger partial charge in [-0.05, 0) is 37.0 Å². The summed E-state index contributed by atoms with van der Waals surface area (Å²) in [6.07, 6.45) is 4.43. The second kappa shape index (κ2) is 8.14. The van der Waals surface area contributed by atoms with Gasteiger partial charge in [0.15, 0.2) is 5.54 Å². The highest BCUT2D eigenvalue weighted by molar-refractivity contribution is 5.96. The molecule has 1 amide bonds. The minimum absolute atomic E-state index is 0.179. The quantitative estimate of drug-likeness (QED) is 0.414. The summed E-state index contributed by atoms with van der Waals surface area (Å²) in [6.45, 7) is 2.16. The molecule has 0 saturated heterocycles. The van der Waals surface area contributed by atoms with Crippen LogP contribution in [-0.4, -0.2) is 22.8 Å². The smallest absolute Gasteiger partial charge is 0.271 e. The second-order valence-corrected chi connectivity index (χ2v) is 7.43. The van der Waals surface area contributed by atoms with Gasteiger partial charge in [-0.25, -0.2) is 4.79 Å². The Bertz CT molecular complexity index is 1070. The molecule has 4 heteroatoms. The number of para-hydroxylation sites is 1. The van der Waals surface area contributed by atoms with Crippen molar-refractivity contribution in [2.24, 2.45) is 0 Å². The minimum atomic E-state index is -0.797. The average Bonchev–Trinajstić information content (AvgIpc) is 3.25. The van der Waals surface area contributed by atoms with Crippen LogP contribution in [0.25, 0.3) is 10.9 Å². The first-order valence-electron chi connectivity index (χ1n) is 10.2. The molecule has 1 atom stereocenters. The standard InChI is InChI=1S/C25H26N2O2/c1-3-4-5-11-17-25(18-16-20-12-7-6-8-13-20)23-19-21-14-9-10-15-22(21)26(23)24(28)27(25)29-2/h6-10,12-15,19H,3-5,16,18H2,1-2H3. The summed E-state index contributed by atoms with van der Waals surface area (Å²) >= 11 is 0. The third kappa shape index (κ3) is 3.32. The van der Waals surface area contributed by atoms with Crippen LogP contribution in [0.3, 0.4) is 0 Å². The lowest BCUT2D eigenvalue weighted by atomic mass is 9.88. The van der Waals surface area contributed by atoms with E-state index in [-0.39, 0.29) is 6.03 Å². The number of carbonyl (C=O) groups is 1. The van der Waals surface area contributed by atoms with Crippen LogP contribution < -0.4 is 0 Å². The number of hydrogen-bond donors (Lipinski definition) is 0. The van der Waals surface area contributed by atoms with E-state index in [2.05, 4.69) is 37.0 Å². The van der Waals surface area contributed by atoms with Crippen molar-refractivity contribution in [3.63, 3.8) is 0 Å². The van der Waals surface area contributed by atoms with Crippen LogP contribution in [0.2, 0.25) is 0 Å². The van der Waals surface area contributed by atoms with E-state index in [1.807, 2.05) is 42.5 Å². The zero-order valence-electron chi connectivity index (χ0n) is 17.0. The lowest BCUT2D eigenvalue weighted by Crippen LogP contribution is -2.42. The number of aryl methyl sites for hydroxylation is 1. The number of rotatable bonds is 6. The highest BCUT2D eigenvalue weighted by Crippen LogP contribution is 2.42. The van der Waals surface area contributed by atoms with Gasteiger partial charge in [0.05, 0.1) is 18.3 Å². The van der Waals surface area contributed by atoms with Gasteiger partial charge in [-0.15, -0.1) is 5.92 Å². The van der Waals surface area contributed by atoms with Crippen molar-refractivity contribution in [2.45, 2.75) is 44.6 Å². The lowest BCUT2D eigenvalue weighted by Gasteiger charge is -2.31. The molecule has 148 valence electrons.